The molecule has 1 saturated carbocycles. The van der Waals surface area contributed by atoms with E-state index in [0.29, 0.717) is 24.6 Å². The normalized spacial score (nSPS) is 26.8. The minimum atomic E-state index is 0.303. The highest BCUT2D eigenvalue weighted by Crippen LogP contribution is 2.22. The van der Waals surface area contributed by atoms with E-state index < -0.39 is 0 Å². The minimum Gasteiger partial charge on any atom is -0.382 e. The van der Waals surface area contributed by atoms with Gasteiger partial charge in [-0.15, -0.1) is 11.6 Å². The van der Waals surface area contributed by atoms with Gasteiger partial charge in [0, 0.05) is 25.1 Å². The molecule has 0 aliphatic heterocycles. The molecule has 0 amide bonds. The Kier molecular flexibility index (Phi) is 7.36. The first-order valence-corrected chi connectivity index (χ1v) is 6.22. The summed E-state index contributed by atoms with van der Waals surface area (Å²) in [5, 5.41) is 3.75. The molecule has 1 aliphatic rings. The fraction of sp³-hybridized carbons (Fsp3) is 1.00. The first kappa shape index (κ1) is 13.2. The van der Waals surface area contributed by atoms with Crippen LogP contribution in [0, 0.1) is 0 Å². The third kappa shape index (κ3) is 5.71. The van der Waals surface area contributed by atoms with E-state index in [1.165, 1.54) is 19.3 Å². The first-order chi connectivity index (χ1) is 7.34. The molecular weight excluding hydrogens is 214 g/mol. The predicted molar refractivity (Wildman–Crippen MR) is 62.6 cm³/mol. The van der Waals surface area contributed by atoms with Crippen molar-refractivity contribution in [1.29, 1.82) is 0 Å². The van der Waals surface area contributed by atoms with Gasteiger partial charge in [-0.05, 0) is 12.8 Å². The largest absolute Gasteiger partial charge is 0.382 e. The molecule has 4 heteroatoms. The lowest BCUT2D eigenvalue weighted by Crippen LogP contribution is -2.40. The van der Waals surface area contributed by atoms with Gasteiger partial charge < -0.3 is 14.8 Å². The van der Waals surface area contributed by atoms with Crippen LogP contribution >= 0.6 is 11.6 Å². The van der Waals surface area contributed by atoms with Crippen LogP contribution in [-0.4, -0.2) is 44.9 Å². The zero-order chi connectivity index (χ0) is 10.9. The van der Waals surface area contributed by atoms with Crippen LogP contribution in [0.25, 0.3) is 0 Å². The lowest BCUT2D eigenvalue weighted by molar-refractivity contribution is 0.0706. The van der Waals surface area contributed by atoms with Crippen LogP contribution in [0.15, 0.2) is 0 Å². The Morgan fingerprint density at radius 3 is 2.73 bits per heavy atom. The molecule has 1 rings (SSSR count). The number of rotatable bonds is 7. The molecule has 1 N–H and O–H groups in total. The first-order valence-electron chi connectivity index (χ1n) is 5.78. The molecule has 0 radical (unpaired) electrons. The molecule has 0 aromatic carbocycles. The fourth-order valence-corrected chi connectivity index (χ4v) is 2.25. The number of halogens is 1. The maximum atomic E-state index is 6.22. The summed E-state index contributed by atoms with van der Waals surface area (Å²) in [6, 6.07) is 0.478. The van der Waals surface area contributed by atoms with Crippen LogP contribution in [0.5, 0.6) is 0 Å². The number of hydrogen-bond acceptors (Lipinski definition) is 3. The van der Waals surface area contributed by atoms with E-state index in [-0.39, 0.29) is 0 Å². The Morgan fingerprint density at radius 2 is 2.00 bits per heavy atom. The van der Waals surface area contributed by atoms with Gasteiger partial charge in [0.25, 0.3) is 0 Å². The zero-order valence-corrected chi connectivity index (χ0v) is 10.3. The number of alkyl halides is 1. The van der Waals surface area contributed by atoms with Crippen molar-refractivity contribution >= 4 is 11.6 Å². The van der Waals surface area contributed by atoms with E-state index >= 15 is 0 Å². The van der Waals surface area contributed by atoms with Gasteiger partial charge in [0.05, 0.1) is 19.8 Å². The molecule has 2 atom stereocenters. The van der Waals surface area contributed by atoms with Crippen LogP contribution in [-0.2, 0) is 9.47 Å². The molecule has 0 heterocycles. The molecule has 0 bridgehead atoms. The van der Waals surface area contributed by atoms with E-state index in [1.807, 2.05) is 0 Å². The monoisotopic (exact) mass is 235 g/mol. The minimum absolute atomic E-state index is 0.303. The lowest BCUT2D eigenvalue weighted by Gasteiger charge is -2.27. The standard InChI is InChI=1S/C11H22ClNO2/c1-14-8-9-15-7-6-13-11-5-3-2-4-10(11)12/h10-11,13H,2-9H2,1H3. The number of hydrogen-bond donors (Lipinski definition) is 1. The molecule has 0 spiro atoms. The second-order valence-corrected chi connectivity index (χ2v) is 4.53. The summed E-state index contributed by atoms with van der Waals surface area (Å²) < 4.78 is 10.3. The Balaban J connectivity index is 1.94. The highest BCUT2D eigenvalue weighted by molar-refractivity contribution is 6.21. The maximum Gasteiger partial charge on any atom is 0.0700 e. The predicted octanol–water partition coefficient (Wildman–Crippen LogP) is 1.79. The van der Waals surface area contributed by atoms with Gasteiger partial charge >= 0.3 is 0 Å². The van der Waals surface area contributed by atoms with Gasteiger partial charge in [-0.1, -0.05) is 12.8 Å². The van der Waals surface area contributed by atoms with E-state index in [1.54, 1.807) is 7.11 Å². The van der Waals surface area contributed by atoms with E-state index in [0.717, 1.165) is 19.6 Å². The van der Waals surface area contributed by atoms with Gasteiger partial charge in [0.1, 0.15) is 0 Å². The average Bonchev–Trinajstić information content (AvgIpc) is 2.25. The molecule has 1 fully saturated rings. The maximum absolute atomic E-state index is 6.22. The summed E-state index contributed by atoms with van der Waals surface area (Å²) in [6.07, 6.45) is 4.91. The van der Waals surface area contributed by atoms with Crippen LogP contribution < -0.4 is 5.32 Å². The van der Waals surface area contributed by atoms with Gasteiger partial charge in [-0.3, -0.25) is 0 Å². The molecule has 0 saturated heterocycles. The molecule has 3 nitrogen and oxygen atoms in total. The molecule has 1 aliphatic carbocycles. The van der Waals surface area contributed by atoms with Gasteiger partial charge in [-0.25, -0.2) is 0 Å². The topological polar surface area (TPSA) is 30.5 Å². The Labute approximate surface area is 97.5 Å². The van der Waals surface area contributed by atoms with Crippen molar-refractivity contribution in [3.05, 3.63) is 0 Å². The van der Waals surface area contributed by atoms with Crippen molar-refractivity contribution < 1.29 is 9.47 Å². The SMILES string of the molecule is COCCOCCNC1CCCCC1Cl. The third-order valence-corrected chi connectivity index (χ3v) is 3.29. The van der Waals surface area contributed by atoms with Crippen molar-refractivity contribution in [3.63, 3.8) is 0 Å². The van der Waals surface area contributed by atoms with Crippen LogP contribution in [0.2, 0.25) is 0 Å². The average molecular weight is 236 g/mol. The molecule has 90 valence electrons. The lowest BCUT2D eigenvalue weighted by atomic mass is 9.95. The Bertz CT molecular complexity index is 158. The van der Waals surface area contributed by atoms with Crippen molar-refractivity contribution in [3.8, 4) is 0 Å². The zero-order valence-electron chi connectivity index (χ0n) is 9.51. The van der Waals surface area contributed by atoms with Crippen molar-refractivity contribution in [2.75, 3.05) is 33.5 Å². The van der Waals surface area contributed by atoms with Crippen molar-refractivity contribution in [1.82, 2.24) is 5.32 Å². The quantitative estimate of drug-likeness (QED) is 0.539. The number of nitrogens with one attached hydrogen (secondary N) is 1. The molecule has 2 unspecified atom stereocenters. The summed E-state index contributed by atoms with van der Waals surface area (Å²) in [6.45, 7) is 2.97. The third-order valence-electron chi connectivity index (χ3n) is 2.77. The molecular formula is C11H22ClNO2. The molecule has 15 heavy (non-hydrogen) atoms. The van der Waals surface area contributed by atoms with Crippen LogP contribution in [0.3, 0.4) is 0 Å². The smallest absolute Gasteiger partial charge is 0.0700 e. The van der Waals surface area contributed by atoms with Crippen LogP contribution in [0.1, 0.15) is 25.7 Å². The second kappa shape index (κ2) is 8.34. The summed E-state index contributed by atoms with van der Waals surface area (Å²) in [4.78, 5) is 0. The van der Waals surface area contributed by atoms with E-state index in [4.69, 9.17) is 21.1 Å². The molecule has 0 aromatic heterocycles. The summed E-state index contributed by atoms with van der Waals surface area (Å²) in [5.74, 6) is 0. The highest BCUT2D eigenvalue weighted by Gasteiger charge is 2.21. The highest BCUT2D eigenvalue weighted by atomic mass is 35.5. The number of methoxy groups -OCH3 is 1. The van der Waals surface area contributed by atoms with Gasteiger partial charge in [0.15, 0.2) is 0 Å². The summed E-state index contributed by atoms with van der Waals surface area (Å²) in [7, 11) is 1.68. The Hall–Kier alpha value is 0.170. The summed E-state index contributed by atoms with van der Waals surface area (Å²) >= 11 is 6.22. The Morgan fingerprint density at radius 1 is 1.20 bits per heavy atom. The van der Waals surface area contributed by atoms with Crippen LogP contribution in [0.4, 0.5) is 0 Å². The second-order valence-electron chi connectivity index (χ2n) is 3.97. The fourth-order valence-electron chi connectivity index (χ4n) is 1.88. The van der Waals surface area contributed by atoms with Gasteiger partial charge in [0.2, 0.25) is 0 Å². The molecule has 0 aromatic rings. The van der Waals surface area contributed by atoms with E-state index in [9.17, 15) is 0 Å². The van der Waals surface area contributed by atoms with Crippen molar-refractivity contribution in [2.24, 2.45) is 0 Å². The van der Waals surface area contributed by atoms with Crippen molar-refractivity contribution in [2.45, 2.75) is 37.1 Å². The van der Waals surface area contributed by atoms with Gasteiger partial charge in [-0.2, -0.15) is 0 Å². The number of ether oxygens (including phenoxy) is 2. The van der Waals surface area contributed by atoms with E-state index in [2.05, 4.69) is 5.32 Å². The summed E-state index contributed by atoms with van der Waals surface area (Å²) in [5.41, 5.74) is 0.